The molecule has 1 N–H and O–H groups in total. The Morgan fingerprint density at radius 3 is 2.52 bits per heavy atom. The Bertz CT molecular complexity index is 716. The minimum Gasteiger partial charge on any atom is -0.468 e. The molecule has 10 heteroatoms. The van der Waals surface area contributed by atoms with Crippen molar-refractivity contribution in [1.29, 1.82) is 0 Å². The molecule has 2 heterocycles. The van der Waals surface area contributed by atoms with Gasteiger partial charge in [0.15, 0.2) is 22.9 Å². The number of anilines is 1. The Labute approximate surface area is 137 Å². The molecule has 0 bridgehead atoms. The van der Waals surface area contributed by atoms with Crippen LogP contribution in [0.2, 0.25) is 5.28 Å². The van der Waals surface area contributed by atoms with Gasteiger partial charge in [-0.25, -0.2) is 4.98 Å². The molecule has 0 aliphatic heterocycles. The van der Waals surface area contributed by atoms with Gasteiger partial charge in [0.05, 0.1) is 20.5 Å². The van der Waals surface area contributed by atoms with Gasteiger partial charge in [-0.2, -0.15) is 9.97 Å². The molecular weight excluding hydrogens is 326 g/mol. The zero-order valence-electron chi connectivity index (χ0n) is 12.9. The summed E-state index contributed by atoms with van der Waals surface area (Å²) in [5.41, 5.74) is 1.05. The lowest BCUT2D eigenvalue weighted by atomic mass is 10.1. The summed E-state index contributed by atoms with van der Waals surface area (Å²) in [6, 6.07) is 0. The van der Waals surface area contributed by atoms with Crippen molar-refractivity contribution in [3.05, 3.63) is 11.6 Å². The number of hydrogen-bond acceptors (Lipinski definition) is 8. The lowest BCUT2D eigenvalue weighted by molar-refractivity contribution is -0.159. The van der Waals surface area contributed by atoms with Crippen molar-refractivity contribution < 1.29 is 19.1 Å². The Hall–Kier alpha value is -2.42. The number of imidazole rings is 1. The second-order valence-corrected chi connectivity index (χ2v) is 4.93. The zero-order chi connectivity index (χ0) is 17.0. The van der Waals surface area contributed by atoms with Gasteiger partial charge in [-0.1, -0.05) is 0 Å². The van der Waals surface area contributed by atoms with E-state index in [1.54, 1.807) is 17.9 Å². The van der Waals surface area contributed by atoms with Crippen LogP contribution in [-0.4, -0.2) is 52.7 Å². The highest BCUT2D eigenvalue weighted by molar-refractivity contribution is 6.28. The van der Waals surface area contributed by atoms with E-state index in [2.05, 4.69) is 29.7 Å². The third kappa shape index (κ3) is 3.50. The molecule has 2 rings (SSSR count). The van der Waals surface area contributed by atoms with Crippen molar-refractivity contribution in [3.8, 4) is 0 Å². The number of nitrogens with one attached hydrogen (secondary N) is 1. The minimum atomic E-state index is -1.01. The first kappa shape index (κ1) is 16.9. The molecule has 0 spiro atoms. The molecule has 0 aromatic carbocycles. The van der Waals surface area contributed by atoms with Crippen LogP contribution in [0.1, 0.15) is 6.42 Å². The number of methoxy groups -OCH3 is 2. The van der Waals surface area contributed by atoms with Gasteiger partial charge in [0.25, 0.3) is 0 Å². The van der Waals surface area contributed by atoms with Crippen LogP contribution in [0.4, 0.5) is 5.82 Å². The van der Waals surface area contributed by atoms with Crippen LogP contribution in [0.15, 0.2) is 6.33 Å². The van der Waals surface area contributed by atoms with E-state index >= 15 is 0 Å². The van der Waals surface area contributed by atoms with Crippen LogP contribution in [0.5, 0.6) is 0 Å². The Kier molecular flexibility index (Phi) is 5.32. The summed E-state index contributed by atoms with van der Waals surface area (Å²) in [5, 5.41) is 2.95. The topological polar surface area (TPSA) is 108 Å². The predicted octanol–water partition coefficient (Wildman–Crippen LogP) is 0.874. The summed E-state index contributed by atoms with van der Waals surface area (Å²) in [6.45, 7) is 0.307. The molecule has 0 atom stereocenters. The number of carbonyl (C=O) groups excluding carboxylic acids is 2. The van der Waals surface area contributed by atoms with Crippen molar-refractivity contribution in [3.63, 3.8) is 0 Å². The van der Waals surface area contributed by atoms with Gasteiger partial charge in [-0.05, 0) is 18.0 Å². The quantitative estimate of drug-likeness (QED) is 0.468. The number of nitrogens with zero attached hydrogens (tertiary/aromatic N) is 4. The average molecular weight is 342 g/mol. The molecule has 0 saturated heterocycles. The summed E-state index contributed by atoms with van der Waals surface area (Å²) in [7, 11) is 4.13. The molecular formula is C13H16ClN5O4. The Balaban J connectivity index is 2.26. The van der Waals surface area contributed by atoms with Crippen LogP contribution in [-0.2, 0) is 25.6 Å². The first-order valence-electron chi connectivity index (χ1n) is 6.73. The number of rotatable bonds is 6. The van der Waals surface area contributed by atoms with E-state index in [1.807, 2.05) is 0 Å². The van der Waals surface area contributed by atoms with Gasteiger partial charge in [0.1, 0.15) is 0 Å². The molecule has 0 radical (unpaired) electrons. The number of esters is 2. The third-order valence-electron chi connectivity index (χ3n) is 3.30. The minimum absolute atomic E-state index is 0.0704. The van der Waals surface area contributed by atoms with Crippen LogP contribution in [0, 0.1) is 5.92 Å². The highest BCUT2D eigenvalue weighted by Crippen LogP contribution is 2.21. The molecule has 0 aliphatic carbocycles. The number of hydrogen-bond donors (Lipinski definition) is 1. The Morgan fingerprint density at radius 2 is 1.96 bits per heavy atom. The van der Waals surface area contributed by atoms with Gasteiger partial charge in [-0.3, -0.25) is 9.59 Å². The van der Waals surface area contributed by atoms with E-state index < -0.39 is 17.9 Å². The van der Waals surface area contributed by atoms with E-state index in [9.17, 15) is 9.59 Å². The fourth-order valence-electron chi connectivity index (χ4n) is 2.14. The largest absolute Gasteiger partial charge is 0.468 e. The van der Waals surface area contributed by atoms with E-state index in [-0.39, 0.29) is 11.7 Å². The van der Waals surface area contributed by atoms with Crippen molar-refractivity contribution in [2.75, 3.05) is 26.6 Å². The fourth-order valence-corrected chi connectivity index (χ4v) is 2.30. The lowest BCUT2D eigenvalue weighted by Gasteiger charge is -2.12. The summed E-state index contributed by atoms with van der Waals surface area (Å²) in [6.07, 6.45) is 1.73. The first-order valence-corrected chi connectivity index (χ1v) is 7.11. The summed E-state index contributed by atoms with van der Waals surface area (Å²) in [4.78, 5) is 35.8. The van der Waals surface area contributed by atoms with Crippen LogP contribution in [0.25, 0.3) is 11.2 Å². The van der Waals surface area contributed by atoms with Crippen molar-refractivity contribution in [1.82, 2.24) is 19.5 Å². The summed E-state index contributed by atoms with van der Waals surface area (Å²) in [5.74, 6) is -1.81. The summed E-state index contributed by atoms with van der Waals surface area (Å²) < 4.78 is 10.9. The van der Waals surface area contributed by atoms with E-state index in [0.29, 0.717) is 23.5 Å². The SMILES string of the molecule is CNc1nc(Cl)nc2c1ncn2CCC(C(=O)OC)C(=O)OC. The highest BCUT2D eigenvalue weighted by Gasteiger charge is 2.28. The molecule has 2 aromatic rings. The van der Waals surface area contributed by atoms with Crippen molar-refractivity contribution in [2.45, 2.75) is 13.0 Å². The second-order valence-electron chi connectivity index (χ2n) is 4.59. The number of aryl methyl sites for hydroxylation is 1. The van der Waals surface area contributed by atoms with E-state index in [0.717, 1.165) is 0 Å². The van der Waals surface area contributed by atoms with Gasteiger partial charge < -0.3 is 19.4 Å². The zero-order valence-corrected chi connectivity index (χ0v) is 13.6. The monoisotopic (exact) mass is 341 g/mol. The van der Waals surface area contributed by atoms with Crippen LogP contribution >= 0.6 is 11.6 Å². The van der Waals surface area contributed by atoms with Crippen molar-refractivity contribution >= 4 is 40.5 Å². The number of ether oxygens (including phenoxy) is 2. The first-order chi connectivity index (χ1) is 11.0. The molecule has 0 unspecified atom stereocenters. The van der Waals surface area contributed by atoms with Gasteiger partial charge in [0, 0.05) is 13.6 Å². The molecule has 0 aliphatic rings. The van der Waals surface area contributed by atoms with Crippen LogP contribution < -0.4 is 5.32 Å². The second kappa shape index (κ2) is 7.23. The molecule has 0 saturated carbocycles. The number of fused-ring (bicyclic) bond motifs is 1. The number of halogens is 1. The summed E-state index contributed by atoms with van der Waals surface area (Å²) >= 11 is 5.89. The predicted molar refractivity (Wildman–Crippen MR) is 82.0 cm³/mol. The molecule has 2 aromatic heterocycles. The third-order valence-corrected chi connectivity index (χ3v) is 3.47. The number of carbonyl (C=O) groups is 2. The van der Waals surface area contributed by atoms with Gasteiger partial charge in [0.2, 0.25) is 5.28 Å². The smallest absolute Gasteiger partial charge is 0.320 e. The van der Waals surface area contributed by atoms with E-state index in [4.69, 9.17) is 11.6 Å². The standard InChI is InChI=1S/C13H16ClN5O4/c1-15-9-8-10(18-13(14)17-9)19(6-16-8)5-4-7(11(20)22-2)12(21)23-3/h6-7H,4-5H2,1-3H3,(H,15,17,18). The maximum absolute atomic E-state index is 11.7. The molecule has 0 amide bonds. The van der Waals surface area contributed by atoms with E-state index in [1.165, 1.54) is 14.2 Å². The fraction of sp³-hybridized carbons (Fsp3) is 0.462. The lowest BCUT2D eigenvalue weighted by Crippen LogP contribution is -2.27. The molecule has 9 nitrogen and oxygen atoms in total. The molecule has 23 heavy (non-hydrogen) atoms. The normalized spacial score (nSPS) is 10.8. The van der Waals surface area contributed by atoms with Crippen molar-refractivity contribution in [2.24, 2.45) is 5.92 Å². The van der Waals surface area contributed by atoms with Crippen LogP contribution in [0.3, 0.4) is 0 Å². The van der Waals surface area contributed by atoms with Gasteiger partial charge >= 0.3 is 11.9 Å². The Morgan fingerprint density at radius 1 is 1.30 bits per heavy atom. The number of aromatic nitrogens is 4. The maximum Gasteiger partial charge on any atom is 0.320 e. The molecule has 0 fully saturated rings. The van der Waals surface area contributed by atoms with Gasteiger partial charge in [-0.15, -0.1) is 0 Å². The maximum atomic E-state index is 11.7. The molecule has 124 valence electrons. The highest BCUT2D eigenvalue weighted by atomic mass is 35.5. The average Bonchev–Trinajstić information content (AvgIpc) is 2.96.